The zero-order chi connectivity index (χ0) is 17.1. The van der Waals surface area contributed by atoms with E-state index >= 15 is 0 Å². The third-order valence-corrected chi connectivity index (χ3v) is 5.94. The number of nitrogens with zero attached hydrogens (tertiary/aromatic N) is 2. The molecule has 0 spiro atoms. The monoisotopic (exact) mass is 432 g/mol. The molecule has 2 saturated heterocycles. The Bertz CT molecular complexity index is 698. The maximum absolute atomic E-state index is 12.2. The lowest BCUT2D eigenvalue weighted by Gasteiger charge is -2.32. The number of benzene rings is 1. The van der Waals surface area contributed by atoms with E-state index in [4.69, 9.17) is 9.72 Å². The first-order valence-electron chi connectivity index (χ1n) is 8.99. The van der Waals surface area contributed by atoms with Crippen LogP contribution in [0.1, 0.15) is 19.3 Å². The van der Waals surface area contributed by atoms with Crippen LogP contribution in [-0.2, 0) is 9.53 Å². The number of carbonyl (C=O) groups excluding carboxylic acids is 1. The normalized spacial score (nSPS) is 20.6. The first-order valence-corrected chi connectivity index (χ1v) is 9.80. The predicted octanol–water partition coefficient (Wildman–Crippen LogP) is 2.60. The van der Waals surface area contributed by atoms with E-state index < -0.39 is 0 Å². The van der Waals surface area contributed by atoms with E-state index in [0.717, 1.165) is 49.7 Å². The van der Waals surface area contributed by atoms with Crippen LogP contribution in [0.4, 0.5) is 5.13 Å². The van der Waals surface area contributed by atoms with Crippen molar-refractivity contribution in [1.29, 1.82) is 0 Å². The molecule has 150 valence electrons. The molecule has 1 unspecified atom stereocenters. The van der Waals surface area contributed by atoms with Crippen LogP contribution in [0.2, 0.25) is 0 Å². The third kappa shape index (κ3) is 5.68. The van der Waals surface area contributed by atoms with E-state index in [1.54, 1.807) is 11.3 Å². The van der Waals surface area contributed by atoms with Crippen molar-refractivity contribution in [2.45, 2.75) is 31.3 Å². The van der Waals surface area contributed by atoms with Gasteiger partial charge in [0, 0.05) is 38.1 Å². The molecule has 2 fully saturated rings. The quantitative estimate of drug-likeness (QED) is 0.776. The second-order valence-electron chi connectivity index (χ2n) is 6.72. The second-order valence-corrected chi connectivity index (χ2v) is 7.73. The summed E-state index contributed by atoms with van der Waals surface area (Å²) < 4.78 is 6.64. The number of hydrogen-bond donors (Lipinski definition) is 2. The van der Waals surface area contributed by atoms with Crippen LogP contribution in [-0.4, -0.2) is 55.8 Å². The van der Waals surface area contributed by atoms with Crippen LogP contribution in [0.15, 0.2) is 24.3 Å². The van der Waals surface area contributed by atoms with Gasteiger partial charge in [-0.25, -0.2) is 4.98 Å². The smallest absolute Gasteiger partial charge is 0.221 e. The van der Waals surface area contributed by atoms with Gasteiger partial charge >= 0.3 is 0 Å². The molecule has 1 aromatic heterocycles. The maximum Gasteiger partial charge on any atom is 0.221 e. The Balaban J connectivity index is 0.00000131. The molecule has 6 nitrogen and oxygen atoms in total. The van der Waals surface area contributed by atoms with Gasteiger partial charge in [0.2, 0.25) is 5.91 Å². The van der Waals surface area contributed by atoms with Gasteiger partial charge in [-0.2, -0.15) is 0 Å². The minimum absolute atomic E-state index is 0. The van der Waals surface area contributed by atoms with E-state index in [0.29, 0.717) is 13.0 Å². The van der Waals surface area contributed by atoms with Gasteiger partial charge in [-0.05, 0) is 25.0 Å². The molecule has 2 aromatic rings. The van der Waals surface area contributed by atoms with Crippen molar-refractivity contribution in [2.75, 3.05) is 37.7 Å². The number of halogens is 2. The fraction of sp³-hybridized carbons (Fsp3) is 0.556. The fourth-order valence-electron chi connectivity index (χ4n) is 3.47. The first kappa shape index (κ1) is 22.2. The van der Waals surface area contributed by atoms with Gasteiger partial charge in [0.25, 0.3) is 0 Å². The third-order valence-electron chi connectivity index (χ3n) is 4.84. The number of morpholine rings is 1. The van der Waals surface area contributed by atoms with Gasteiger partial charge in [-0.3, -0.25) is 4.79 Å². The van der Waals surface area contributed by atoms with Crippen LogP contribution in [0, 0.1) is 0 Å². The Labute approximate surface area is 175 Å². The maximum atomic E-state index is 12.2. The largest absolute Gasteiger partial charge is 0.378 e. The van der Waals surface area contributed by atoms with Crippen molar-refractivity contribution in [2.24, 2.45) is 0 Å². The summed E-state index contributed by atoms with van der Waals surface area (Å²) in [5.74, 6) is 0.126. The van der Waals surface area contributed by atoms with Gasteiger partial charge in [0.05, 0.1) is 23.4 Å². The summed E-state index contributed by atoms with van der Waals surface area (Å²) in [5, 5.41) is 7.61. The van der Waals surface area contributed by atoms with Crippen molar-refractivity contribution in [1.82, 2.24) is 15.6 Å². The molecule has 27 heavy (non-hydrogen) atoms. The van der Waals surface area contributed by atoms with Crippen LogP contribution in [0.25, 0.3) is 10.2 Å². The number of amides is 1. The number of piperidine rings is 1. The number of carbonyl (C=O) groups is 1. The predicted molar refractivity (Wildman–Crippen MR) is 115 cm³/mol. The Morgan fingerprint density at radius 1 is 1.30 bits per heavy atom. The molecule has 1 aromatic carbocycles. The Morgan fingerprint density at radius 2 is 2.07 bits per heavy atom. The van der Waals surface area contributed by atoms with Gasteiger partial charge < -0.3 is 20.3 Å². The van der Waals surface area contributed by atoms with Crippen molar-refractivity contribution in [3.05, 3.63) is 24.3 Å². The molecule has 2 aliphatic heterocycles. The lowest BCUT2D eigenvalue weighted by atomic mass is 10.0. The molecule has 0 aliphatic carbocycles. The molecular weight excluding hydrogens is 407 g/mol. The second kappa shape index (κ2) is 10.4. The average molecular weight is 433 g/mol. The number of nitrogens with one attached hydrogen (secondary N) is 2. The van der Waals surface area contributed by atoms with E-state index in [1.165, 1.54) is 4.70 Å². The summed E-state index contributed by atoms with van der Waals surface area (Å²) in [7, 11) is 0. The highest BCUT2D eigenvalue weighted by Crippen LogP contribution is 2.30. The van der Waals surface area contributed by atoms with Gasteiger partial charge in [0.1, 0.15) is 0 Å². The molecule has 2 aliphatic rings. The number of para-hydroxylation sites is 1. The highest BCUT2D eigenvalue weighted by atomic mass is 35.5. The van der Waals surface area contributed by atoms with Crippen LogP contribution in [0.5, 0.6) is 0 Å². The molecule has 4 rings (SSSR count). The average Bonchev–Trinajstić information content (AvgIpc) is 3.07. The zero-order valence-electron chi connectivity index (χ0n) is 15.1. The number of anilines is 1. The number of hydrogen-bond acceptors (Lipinski definition) is 6. The van der Waals surface area contributed by atoms with E-state index in [2.05, 4.69) is 33.7 Å². The molecule has 2 N–H and O–H groups in total. The molecule has 0 radical (unpaired) electrons. The van der Waals surface area contributed by atoms with Crippen molar-refractivity contribution in [3.8, 4) is 0 Å². The molecule has 0 bridgehead atoms. The summed E-state index contributed by atoms with van der Waals surface area (Å²) >= 11 is 1.75. The highest BCUT2D eigenvalue weighted by molar-refractivity contribution is 7.22. The minimum Gasteiger partial charge on any atom is -0.378 e. The fourth-order valence-corrected chi connectivity index (χ4v) is 4.49. The number of fused-ring (bicyclic) bond motifs is 1. The van der Waals surface area contributed by atoms with Crippen molar-refractivity contribution >= 4 is 57.4 Å². The summed E-state index contributed by atoms with van der Waals surface area (Å²) in [6.07, 6.45) is 2.44. The molecule has 0 saturated carbocycles. The summed E-state index contributed by atoms with van der Waals surface area (Å²) in [6.45, 7) is 4.08. The SMILES string of the molecule is Cl.Cl.O=C(CC1COCCN1)NC1CCN(c2nc3ccccc3s2)CC1. The summed E-state index contributed by atoms with van der Waals surface area (Å²) in [4.78, 5) is 19.3. The van der Waals surface area contributed by atoms with E-state index in [1.807, 2.05) is 6.07 Å². The Hall–Kier alpha value is -1.12. The van der Waals surface area contributed by atoms with E-state index in [9.17, 15) is 4.79 Å². The molecular formula is C18H26Cl2N4O2S. The minimum atomic E-state index is 0. The number of thiazole rings is 1. The lowest BCUT2D eigenvalue weighted by Crippen LogP contribution is -2.48. The molecule has 1 amide bonds. The summed E-state index contributed by atoms with van der Waals surface area (Å²) in [5.41, 5.74) is 1.07. The van der Waals surface area contributed by atoms with Crippen molar-refractivity contribution in [3.63, 3.8) is 0 Å². The molecule has 9 heteroatoms. The number of ether oxygens (including phenoxy) is 1. The number of aromatic nitrogens is 1. The van der Waals surface area contributed by atoms with Crippen LogP contribution < -0.4 is 15.5 Å². The lowest BCUT2D eigenvalue weighted by molar-refractivity contribution is -0.123. The Morgan fingerprint density at radius 3 is 2.78 bits per heavy atom. The van der Waals surface area contributed by atoms with Gasteiger partial charge in [-0.1, -0.05) is 23.5 Å². The van der Waals surface area contributed by atoms with Gasteiger partial charge in [0.15, 0.2) is 5.13 Å². The van der Waals surface area contributed by atoms with E-state index in [-0.39, 0.29) is 42.8 Å². The highest BCUT2D eigenvalue weighted by Gasteiger charge is 2.24. The summed E-state index contributed by atoms with van der Waals surface area (Å²) in [6, 6.07) is 8.68. The van der Waals surface area contributed by atoms with Crippen LogP contribution in [0.3, 0.4) is 0 Å². The molecule has 1 atom stereocenters. The standard InChI is InChI=1S/C18H24N4O2S.2ClH/c23-17(11-14-12-24-10-7-19-14)20-13-5-8-22(9-6-13)18-21-15-3-1-2-4-16(15)25-18;;/h1-4,13-14,19H,5-12H2,(H,20,23);2*1H. The Kier molecular flexibility index (Phi) is 8.57. The van der Waals surface area contributed by atoms with Gasteiger partial charge in [-0.15, -0.1) is 24.8 Å². The first-order chi connectivity index (χ1) is 12.3. The van der Waals surface area contributed by atoms with Crippen molar-refractivity contribution < 1.29 is 9.53 Å². The topological polar surface area (TPSA) is 66.5 Å². The van der Waals surface area contributed by atoms with Crippen LogP contribution >= 0.6 is 36.2 Å². The zero-order valence-corrected chi connectivity index (χ0v) is 17.5. The number of rotatable bonds is 4. The molecule has 3 heterocycles.